The summed E-state index contributed by atoms with van der Waals surface area (Å²) in [6.07, 6.45) is 0. The summed E-state index contributed by atoms with van der Waals surface area (Å²) in [7, 11) is 0. The third-order valence-corrected chi connectivity index (χ3v) is 6.54. The molecule has 0 radical (unpaired) electrons. The average Bonchev–Trinajstić information content (AvgIpc) is 3.14. The van der Waals surface area contributed by atoms with Gasteiger partial charge in [-0.3, -0.25) is 4.79 Å². The molecule has 0 aliphatic heterocycles. The lowest BCUT2D eigenvalue weighted by Gasteiger charge is -2.05. The zero-order valence-electron chi connectivity index (χ0n) is 14.8. The van der Waals surface area contributed by atoms with Crippen LogP contribution in [0, 0.1) is 6.92 Å². The zero-order valence-corrected chi connectivity index (χ0v) is 17.3. The van der Waals surface area contributed by atoms with Gasteiger partial charge >= 0.3 is 0 Å². The summed E-state index contributed by atoms with van der Waals surface area (Å²) in [5, 5.41) is 15.2. The van der Waals surface area contributed by atoms with Crippen molar-refractivity contribution >= 4 is 51.6 Å². The summed E-state index contributed by atoms with van der Waals surface area (Å²) in [6.45, 7) is 2.69. The number of aromatic nitrogens is 2. The van der Waals surface area contributed by atoms with Crippen LogP contribution in [-0.4, -0.2) is 34.2 Å². The van der Waals surface area contributed by atoms with Crippen molar-refractivity contribution in [2.45, 2.75) is 16.2 Å². The Hall–Kier alpha value is -2.03. The highest BCUT2D eigenvalue weighted by Gasteiger charge is 2.09. The number of rotatable bonds is 9. The molecule has 0 aliphatic carbocycles. The third kappa shape index (κ3) is 6.57. The van der Waals surface area contributed by atoms with Crippen LogP contribution in [-0.2, 0) is 4.79 Å². The highest BCUT2D eigenvalue weighted by atomic mass is 32.2. The minimum atomic E-state index is 0.0114. The molecule has 3 rings (SSSR count). The van der Waals surface area contributed by atoms with Gasteiger partial charge in [0, 0.05) is 22.9 Å². The van der Waals surface area contributed by atoms with Crippen LogP contribution < -0.4 is 10.6 Å². The number of benzene rings is 2. The first-order valence-corrected chi connectivity index (χ1v) is 11.2. The monoisotopic (exact) mass is 416 g/mol. The Bertz CT molecular complexity index is 870. The standard InChI is InChI=1S/C19H20N4OS3/c1-14-7-5-6-10-16(14)21-18-22-23-19(27-18)26-13-17(24)20-11-12-25-15-8-3-2-4-9-15/h2-10H,11-13H2,1H3,(H,20,24)(H,21,22). The lowest BCUT2D eigenvalue weighted by Crippen LogP contribution is -2.27. The topological polar surface area (TPSA) is 66.9 Å². The lowest BCUT2D eigenvalue weighted by atomic mass is 10.2. The van der Waals surface area contributed by atoms with E-state index < -0.39 is 0 Å². The number of para-hydroxylation sites is 1. The predicted octanol–water partition coefficient (Wildman–Crippen LogP) is 4.59. The van der Waals surface area contributed by atoms with Crippen molar-refractivity contribution in [3.63, 3.8) is 0 Å². The molecular weight excluding hydrogens is 396 g/mol. The Labute approximate surface area is 171 Å². The molecule has 1 heterocycles. The SMILES string of the molecule is Cc1ccccc1Nc1nnc(SCC(=O)NCCSc2ccccc2)s1. The maximum Gasteiger partial charge on any atom is 0.230 e. The van der Waals surface area contributed by atoms with Gasteiger partial charge in [-0.15, -0.1) is 22.0 Å². The maximum absolute atomic E-state index is 12.0. The molecule has 3 aromatic rings. The average molecular weight is 417 g/mol. The van der Waals surface area contributed by atoms with Gasteiger partial charge in [-0.2, -0.15) is 0 Å². The molecule has 8 heteroatoms. The predicted molar refractivity (Wildman–Crippen MR) is 115 cm³/mol. The van der Waals surface area contributed by atoms with E-state index in [1.165, 1.54) is 28.0 Å². The van der Waals surface area contributed by atoms with Crippen LogP contribution in [0.5, 0.6) is 0 Å². The second-order valence-electron chi connectivity index (χ2n) is 5.61. The van der Waals surface area contributed by atoms with E-state index in [9.17, 15) is 4.79 Å². The second kappa shape index (κ2) is 10.3. The lowest BCUT2D eigenvalue weighted by molar-refractivity contribution is -0.118. The normalized spacial score (nSPS) is 10.6. The molecular formula is C19H20N4OS3. The van der Waals surface area contributed by atoms with Gasteiger partial charge in [-0.1, -0.05) is 59.5 Å². The Balaban J connectivity index is 1.37. The number of nitrogens with one attached hydrogen (secondary N) is 2. The number of hydrogen-bond donors (Lipinski definition) is 2. The molecule has 0 saturated heterocycles. The molecule has 0 fully saturated rings. The van der Waals surface area contributed by atoms with Crippen LogP contribution in [0.4, 0.5) is 10.8 Å². The molecule has 0 unspecified atom stereocenters. The van der Waals surface area contributed by atoms with E-state index in [1.807, 2.05) is 49.4 Å². The fourth-order valence-electron chi connectivity index (χ4n) is 2.20. The van der Waals surface area contributed by atoms with Gasteiger partial charge in [-0.05, 0) is 30.7 Å². The molecule has 0 bridgehead atoms. The summed E-state index contributed by atoms with van der Waals surface area (Å²) in [5.74, 6) is 1.20. The number of anilines is 2. The first kappa shape index (κ1) is 19.7. The Morgan fingerprint density at radius 1 is 1.04 bits per heavy atom. The summed E-state index contributed by atoms with van der Waals surface area (Å²) in [4.78, 5) is 13.2. The van der Waals surface area contributed by atoms with E-state index in [0.29, 0.717) is 12.3 Å². The van der Waals surface area contributed by atoms with Crippen molar-refractivity contribution in [1.29, 1.82) is 0 Å². The van der Waals surface area contributed by atoms with Crippen molar-refractivity contribution in [2.24, 2.45) is 0 Å². The van der Waals surface area contributed by atoms with Gasteiger partial charge in [0.05, 0.1) is 5.75 Å². The van der Waals surface area contributed by atoms with E-state index in [-0.39, 0.29) is 5.91 Å². The molecule has 2 aromatic carbocycles. The molecule has 27 heavy (non-hydrogen) atoms. The smallest absolute Gasteiger partial charge is 0.230 e. The molecule has 0 saturated carbocycles. The van der Waals surface area contributed by atoms with Crippen LogP contribution in [0.3, 0.4) is 0 Å². The van der Waals surface area contributed by atoms with Crippen molar-refractivity contribution in [2.75, 3.05) is 23.4 Å². The van der Waals surface area contributed by atoms with Gasteiger partial charge < -0.3 is 10.6 Å². The van der Waals surface area contributed by atoms with Crippen LogP contribution in [0.1, 0.15) is 5.56 Å². The molecule has 1 amide bonds. The number of hydrogen-bond acceptors (Lipinski definition) is 7. The molecule has 0 aliphatic rings. The van der Waals surface area contributed by atoms with E-state index >= 15 is 0 Å². The van der Waals surface area contributed by atoms with Gasteiger partial charge in [-0.25, -0.2) is 0 Å². The van der Waals surface area contributed by atoms with E-state index in [0.717, 1.165) is 26.5 Å². The summed E-state index contributed by atoms with van der Waals surface area (Å²) >= 11 is 4.59. The molecule has 0 atom stereocenters. The van der Waals surface area contributed by atoms with Crippen LogP contribution >= 0.6 is 34.9 Å². The summed E-state index contributed by atoms with van der Waals surface area (Å²) < 4.78 is 0.778. The second-order valence-corrected chi connectivity index (χ2v) is 8.98. The Kier molecular flexibility index (Phi) is 7.55. The van der Waals surface area contributed by atoms with Crippen LogP contribution in [0.25, 0.3) is 0 Å². The van der Waals surface area contributed by atoms with E-state index in [2.05, 4.69) is 33.0 Å². The van der Waals surface area contributed by atoms with Crippen molar-refractivity contribution in [3.8, 4) is 0 Å². The molecule has 2 N–H and O–H groups in total. The quantitative estimate of drug-likeness (QED) is 0.393. The number of carbonyl (C=O) groups excluding carboxylic acids is 1. The maximum atomic E-state index is 12.0. The summed E-state index contributed by atoms with van der Waals surface area (Å²) in [6, 6.07) is 18.2. The van der Waals surface area contributed by atoms with Gasteiger partial charge in [0.15, 0.2) is 4.34 Å². The van der Waals surface area contributed by atoms with Gasteiger partial charge in [0.25, 0.3) is 0 Å². The number of thioether (sulfide) groups is 2. The van der Waals surface area contributed by atoms with Crippen molar-refractivity contribution in [1.82, 2.24) is 15.5 Å². The number of amides is 1. The largest absolute Gasteiger partial charge is 0.355 e. The number of nitrogens with zero attached hydrogens (tertiary/aromatic N) is 2. The third-order valence-electron chi connectivity index (χ3n) is 3.56. The zero-order chi connectivity index (χ0) is 18.9. The Morgan fingerprint density at radius 2 is 1.81 bits per heavy atom. The molecule has 1 aromatic heterocycles. The van der Waals surface area contributed by atoms with Gasteiger partial charge in [0.2, 0.25) is 11.0 Å². The Morgan fingerprint density at radius 3 is 2.63 bits per heavy atom. The fraction of sp³-hybridized carbons (Fsp3) is 0.211. The highest BCUT2D eigenvalue weighted by Crippen LogP contribution is 2.28. The first-order chi connectivity index (χ1) is 13.2. The molecule has 140 valence electrons. The van der Waals surface area contributed by atoms with E-state index in [1.54, 1.807) is 11.8 Å². The summed E-state index contributed by atoms with van der Waals surface area (Å²) in [5.41, 5.74) is 2.16. The first-order valence-electron chi connectivity index (χ1n) is 8.44. The van der Waals surface area contributed by atoms with Crippen LogP contribution in [0.15, 0.2) is 63.8 Å². The van der Waals surface area contributed by atoms with Crippen molar-refractivity contribution in [3.05, 3.63) is 60.2 Å². The van der Waals surface area contributed by atoms with E-state index in [4.69, 9.17) is 0 Å². The van der Waals surface area contributed by atoms with Crippen molar-refractivity contribution < 1.29 is 4.79 Å². The van der Waals surface area contributed by atoms with Gasteiger partial charge in [0.1, 0.15) is 0 Å². The fourth-order valence-corrected chi connectivity index (χ4v) is 4.58. The molecule has 0 spiro atoms. The highest BCUT2D eigenvalue weighted by molar-refractivity contribution is 8.01. The van der Waals surface area contributed by atoms with Crippen LogP contribution in [0.2, 0.25) is 0 Å². The number of aryl methyl sites for hydroxylation is 1. The number of carbonyl (C=O) groups is 1. The minimum absolute atomic E-state index is 0.0114. The minimum Gasteiger partial charge on any atom is -0.355 e. The molecule has 5 nitrogen and oxygen atoms in total.